The van der Waals surface area contributed by atoms with Crippen LogP contribution in [0.3, 0.4) is 0 Å². The molecule has 18 heavy (non-hydrogen) atoms. The van der Waals surface area contributed by atoms with Gasteiger partial charge in [0.1, 0.15) is 0 Å². The molecule has 0 heterocycles. The van der Waals surface area contributed by atoms with Gasteiger partial charge in [0.25, 0.3) is 0 Å². The Hall–Kier alpha value is -1.09. The summed E-state index contributed by atoms with van der Waals surface area (Å²) < 4.78 is 0. The van der Waals surface area contributed by atoms with Crippen molar-refractivity contribution >= 4 is 23.0 Å². The van der Waals surface area contributed by atoms with E-state index in [2.05, 4.69) is 41.8 Å². The summed E-state index contributed by atoms with van der Waals surface area (Å²) in [5.41, 5.74) is 2.34. The summed E-state index contributed by atoms with van der Waals surface area (Å²) in [5, 5.41) is 7.54. The molecule has 0 aromatic heterocycles. The normalized spacial score (nSPS) is 29.3. The van der Waals surface area contributed by atoms with E-state index in [1.165, 1.54) is 31.2 Å². The van der Waals surface area contributed by atoms with Crippen LogP contribution in [0.2, 0.25) is 0 Å². The smallest absolute Gasteiger partial charge is 0.171 e. The van der Waals surface area contributed by atoms with E-state index in [0.29, 0.717) is 6.04 Å². The summed E-state index contributed by atoms with van der Waals surface area (Å²) in [6, 6.07) is 8.95. The molecule has 0 radical (unpaired) electrons. The van der Waals surface area contributed by atoms with Crippen LogP contribution in [0.5, 0.6) is 0 Å². The van der Waals surface area contributed by atoms with Gasteiger partial charge in [0.2, 0.25) is 0 Å². The van der Waals surface area contributed by atoms with E-state index >= 15 is 0 Å². The Morgan fingerprint density at radius 2 is 1.94 bits per heavy atom. The highest BCUT2D eigenvalue weighted by Gasteiger charge is 2.39. The number of anilines is 1. The van der Waals surface area contributed by atoms with Crippen molar-refractivity contribution in [2.45, 2.75) is 38.6 Å². The highest BCUT2D eigenvalue weighted by Crippen LogP contribution is 2.44. The van der Waals surface area contributed by atoms with Gasteiger partial charge in [-0.2, -0.15) is 0 Å². The van der Waals surface area contributed by atoms with E-state index < -0.39 is 0 Å². The standard InChI is InChI=1S/C15H20N2S/c1-10-2-6-13(7-3-10)16-15(18)17-14-9-11-4-5-12(14)8-11/h2-3,6-7,11-12,14H,4-5,8-9H2,1H3,(H2,16,17,18)/t11-,12+,14-/m0/s1. The van der Waals surface area contributed by atoms with Gasteiger partial charge in [0.15, 0.2) is 5.11 Å². The van der Waals surface area contributed by atoms with Gasteiger partial charge in [-0.15, -0.1) is 0 Å². The third-order valence-corrected chi connectivity index (χ3v) is 4.58. The number of hydrogen-bond donors (Lipinski definition) is 2. The van der Waals surface area contributed by atoms with Crippen molar-refractivity contribution in [2.24, 2.45) is 11.8 Å². The number of hydrogen-bond acceptors (Lipinski definition) is 1. The molecule has 1 aromatic carbocycles. The minimum atomic E-state index is 0.606. The van der Waals surface area contributed by atoms with Crippen molar-refractivity contribution in [3.63, 3.8) is 0 Å². The van der Waals surface area contributed by atoms with Crippen molar-refractivity contribution in [2.75, 3.05) is 5.32 Å². The van der Waals surface area contributed by atoms with Gasteiger partial charge in [-0.25, -0.2) is 0 Å². The predicted molar refractivity (Wildman–Crippen MR) is 79.8 cm³/mol. The fourth-order valence-corrected chi connectivity index (χ4v) is 3.66. The first-order valence-electron chi connectivity index (χ1n) is 6.85. The Kier molecular flexibility index (Phi) is 3.25. The van der Waals surface area contributed by atoms with Crippen LogP contribution in [0, 0.1) is 18.8 Å². The second-order valence-corrected chi connectivity index (χ2v) is 6.15. The van der Waals surface area contributed by atoms with E-state index in [1.54, 1.807) is 0 Å². The highest BCUT2D eigenvalue weighted by atomic mass is 32.1. The van der Waals surface area contributed by atoms with E-state index in [4.69, 9.17) is 12.2 Å². The average Bonchev–Trinajstić information content (AvgIpc) is 2.94. The van der Waals surface area contributed by atoms with Crippen molar-refractivity contribution in [1.29, 1.82) is 0 Å². The zero-order valence-electron chi connectivity index (χ0n) is 10.8. The molecule has 2 nitrogen and oxygen atoms in total. The maximum Gasteiger partial charge on any atom is 0.171 e. The molecule has 2 bridgehead atoms. The van der Waals surface area contributed by atoms with Gasteiger partial charge < -0.3 is 10.6 Å². The molecule has 2 aliphatic carbocycles. The Labute approximate surface area is 114 Å². The highest BCUT2D eigenvalue weighted by molar-refractivity contribution is 7.80. The largest absolute Gasteiger partial charge is 0.359 e. The van der Waals surface area contributed by atoms with Crippen LogP contribution >= 0.6 is 12.2 Å². The number of aryl methyl sites for hydroxylation is 1. The third kappa shape index (κ3) is 2.51. The first-order chi connectivity index (χ1) is 8.70. The molecular weight excluding hydrogens is 240 g/mol. The lowest BCUT2D eigenvalue weighted by Crippen LogP contribution is -2.40. The SMILES string of the molecule is Cc1ccc(NC(=S)N[C@H]2C[C@H]3CC[C@@H]2C3)cc1. The number of nitrogens with one attached hydrogen (secondary N) is 2. The van der Waals surface area contributed by atoms with Crippen LogP contribution in [0.4, 0.5) is 5.69 Å². The van der Waals surface area contributed by atoms with Crippen molar-refractivity contribution < 1.29 is 0 Å². The van der Waals surface area contributed by atoms with Crippen LogP contribution in [-0.4, -0.2) is 11.2 Å². The minimum Gasteiger partial charge on any atom is -0.359 e. The lowest BCUT2D eigenvalue weighted by molar-refractivity contribution is 0.392. The van der Waals surface area contributed by atoms with Gasteiger partial charge in [0, 0.05) is 11.7 Å². The van der Waals surface area contributed by atoms with E-state index in [1.807, 2.05) is 0 Å². The second-order valence-electron chi connectivity index (χ2n) is 5.75. The molecule has 0 saturated heterocycles. The Balaban J connectivity index is 1.54. The quantitative estimate of drug-likeness (QED) is 0.796. The lowest BCUT2D eigenvalue weighted by atomic mass is 9.96. The topological polar surface area (TPSA) is 24.1 Å². The molecule has 0 amide bonds. The number of thiocarbonyl (C=S) groups is 1. The molecule has 3 rings (SSSR count). The van der Waals surface area contributed by atoms with Gasteiger partial charge in [-0.05, 0) is 62.4 Å². The minimum absolute atomic E-state index is 0.606. The Bertz CT molecular complexity index is 440. The van der Waals surface area contributed by atoms with Crippen LogP contribution in [0.25, 0.3) is 0 Å². The van der Waals surface area contributed by atoms with Crippen LogP contribution in [0.15, 0.2) is 24.3 Å². The summed E-state index contributed by atoms with van der Waals surface area (Å²) in [5.74, 6) is 1.81. The molecule has 0 spiro atoms. The molecule has 0 aliphatic heterocycles. The molecule has 3 atom stereocenters. The maximum absolute atomic E-state index is 5.40. The van der Waals surface area contributed by atoms with Gasteiger partial charge in [-0.3, -0.25) is 0 Å². The fraction of sp³-hybridized carbons (Fsp3) is 0.533. The van der Waals surface area contributed by atoms with Crippen molar-refractivity contribution in [1.82, 2.24) is 5.32 Å². The monoisotopic (exact) mass is 260 g/mol. The molecule has 1 aromatic rings. The summed E-state index contributed by atoms with van der Waals surface area (Å²) in [6.07, 6.45) is 5.53. The molecule has 2 N–H and O–H groups in total. The van der Waals surface area contributed by atoms with Crippen LogP contribution in [0.1, 0.15) is 31.2 Å². The lowest BCUT2D eigenvalue weighted by Gasteiger charge is -2.24. The number of fused-ring (bicyclic) bond motifs is 2. The molecule has 2 aliphatic rings. The van der Waals surface area contributed by atoms with Gasteiger partial charge in [-0.1, -0.05) is 24.1 Å². The molecule has 0 unspecified atom stereocenters. The van der Waals surface area contributed by atoms with Crippen molar-refractivity contribution in [3.05, 3.63) is 29.8 Å². The fourth-order valence-electron chi connectivity index (χ4n) is 3.39. The number of rotatable bonds is 2. The molecule has 96 valence electrons. The van der Waals surface area contributed by atoms with Crippen molar-refractivity contribution in [3.8, 4) is 0 Å². The van der Waals surface area contributed by atoms with E-state index in [-0.39, 0.29) is 0 Å². The van der Waals surface area contributed by atoms with Gasteiger partial charge >= 0.3 is 0 Å². The third-order valence-electron chi connectivity index (χ3n) is 4.36. The first kappa shape index (κ1) is 12.0. The maximum atomic E-state index is 5.40. The summed E-state index contributed by atoms with van der Waals surface area (Å²) in [4.78, 5) is 0. The van der Waals surface area contributed by atoms with Crippen LogP contribution < -0.4 is 10.6 Å². The second kappa shape index (κ2) is 4.88. The summed E-state index contributed by atoms with van der Waals surface area (Å²) in [7, 11) is 0. The summed E-state index contributed by atoms with van der Waals surface area (Å²) in [6.45, 7) is 2.09. The zero-order chi connectivity index (χ0) is 12.5. The number of benzene rings is 1. The summed E-state index contributed by atoms with van der Waals surface area (Å²) >= 11 is 5.40. The molecule has 2 saturated carbocycles. The molecule has 3 heteroatoms. The van der Waals surface area contributed by atoms with Crippen LogP contribution in [-0.2, 0) is 0 Å². The molecular formula is C15H20N2S. The average molecular weight is 260 g/mol. The zero-order valence-corrected chi connectivity index (χ0v) is 11.6. The van der Waals surface area contributed by atoms with E-state index in [0.717, 1.165) is 22.6 Å². The first-order valence-corrected chi connectivity index (χ1v) is 7.26. The van der Waals surface area contributed by atoms with E-state index in [9.17, 15) is 0 Å². The Morgan fingerprint density at radius 3 is 2.56 bits per heavy atom. The molecule has 2 fully saturated rings. The Morgan fingerprint density at radius 1 is 1.17 bits per heavy atom. The predicted octanol–water partition coefficient (Wildman–Crippen LogP) is 3.47. The van der Waals surface area contributed by atoms with Gasteiger partial charge in [0.05, 0.1) is 0 Å².